The lowest BCUT2D eigenvalue weighted by Crippen LogP contribution is -2.16. The van der Waals surface area contributed by atoms with Gasteiger partial charge in [0.15, 0.2) is 0 Å². The first-order chi connectivity index (χ1) is 7.75. The van der Waals surface area contributed by atoms with Crippen molar-refractivity contribution in [2.24, 2.45) is 5.92 Å². The van der Waals surface area contributed by atoms with Crippen molar-refractivity contribution in [2.75, 3.05) is 5.43 Å². The minimum absolute atomic E-state index is 0.583. The minimum atomic E-state index is 0.583. The molecule has 0 radical (unpaired) electrons. The molecule has 4 heteroatoms. The van der Waals surface area contributed by atoms with E-state index >= 15 is 0 Å². The van der Waals surface area contributed by atoms with Crippen LogP contribution in [0.15, 0.2) is 36.1 Å². The van der Waals surface area contributed by atoms with Gasteiger partial charge in [0.25, 0.3) is 0 Å². The molecule has 1 aliphatic carbocycles. The van der Waals surface area contributed by atoms with Crippen LogP contribution in [0.3, 0.4) is 0 Å². The van der Waals surface area contributed by atoms with E-state index in [1.165, 1.54) is 17.7 Å². The summed E-state index contributed by atoms with van der Waals surface area (Å²) in [5.74, 6) is 0.583. The van der Waals surface area contributed by atoms with Crippen molar-refractivity contribution < 1.29 is 0 Å². The van der Waals surface area contributed by atoms with Crippen LogP contribution in [-0.4, -0.2) is 14.9 Å². The van der Waals surface area contributed by atoms with Crippen molar-refractivity contribution in [3.8, 4) is 0 Å². The topological polar surface area (TPSA) is 42.7 Å². The first kappa shape index (κ1) is 10.9. The molecule has 2 rings (SSSR count). The fraction of sp³-hybridized carbons (Fsp3) is 0.500. The quantitative estimate of drug-likeness (QED) is 0.847. The van der Waals surface area contributed by atoms with Gasteiger partial charge in [-0.15, -0.1) is 10.2 Å². The molecule has 1 heterocycles. The van der Waals surface area contributed by atoms with Gasteiger partial charge in [-0.05, 0) is 30.8 Å². The molecule has 0 aliphatic heterocycles. The summed E-state index contributed by atoms with van der Waals surface area (Å²) in [5, 5.41) is 7.55. The van der Waals surface area contributed by atoms with Crippen molar-refractivity contribution in [1.29, 1.82) is 0 Å². The maximum Gasteiger partial charge on any atom is 0.139 e. The molecule has 0 saturated carbocycles. The zero-order valence-corrected chi connectivity index (χ0v) is 9.85. The van der Waals surface area contributed by atoms with Crippen molar-refractivity contribution >= 4 is 0 Å². The van der Waals surface area contributed by atoms with Crippen LogP contribution in [0.4, 0.5) is 0 Å². The van der Waals surface area contributed by atoms with E-state index in [-0.39, 0.29) is 0 Å². The van der Waals surface area contributed by atoms with E-state index in [0.717, 1.165) is 12.8 Å². The van der Waals surface area contributed by atoms with Gasteiger partial charge in [-0.2, -0.15) is 0 Å². The summed E-state index contributed by atoms with van der Waals surface area (Å²) in [6, 6.07) is 0. The van der Waals surface area contributed by atoms with Crippen molar-refractivity contribution in [1.82, 2.24) is 14.9 Å². The summed E-state index contributed by atoms with van der Waals surface area (Å²) >= 11 is 0. The van der Waals surface area contributed by atoms with Crippen molar-refractivity contribution in [3.05, 3.63) is 36.1 Å². The normalized spacial score (nSPS) is 18.9. The van der Waals surface area contributed by atoms with Crippen LogP contribution in [-0.2, 0) is 0 Å². The van der Waals surface area contributed by atoms with E-state index in [2.05, 4.69) is 41.6 Å². The van der Waals surface area contributed by atoms with Crippen molar-refractivity contribution in [2.45, 2.75) is 33.1 Å². The Balaban J connectivity index is 2.14. The molecule has 0 bridgehead atoms. The van der Waals surface area contributed by atoms with Crippen LogP contribution in [0.5, 0.6) is 0 Å². The van der Waals surface area contributed by atoms with E-state index in [4.69, 9.17) is 0 Å². The predicted molar refractivity (Wildman–Crippen MR) is 64.2 cm³/mol. The minimum Gasteiger partial charge on any atom is -0.292 e. The molecule has 0 atom stereocenters. The van der Waals surface area contributed by atoms with Gasteiger partial charge in [0, 0.05) is 0 Å². The summed E-state index contributed by atoms with van der Waals surface area (Å²) in [6.45, 7) is 4.41. The Bertz CT molecular complexity index is 387. The molecular formula is C12H18N4. The van der Waals surface area contributed by atoms with E-state index in [1.807, 2.05) is 0 Å². The summed E-state index contributed by atoms with van der Waals surface area (Å²) in [6.07, 6.45) is 11.4. The lowest BCUT2D eigenvalue weighted by Gasteiger charge is -2.19. The SMILES string of the molecule is CC(C)C=C1CCCC=C1Nn1cnnc1. The molecule has 1 aliphatic rings. The van der Waals surface area contributed by atoms with E-state index < -0.39 is 0 Å². The zero-order valence-electron chi connectivity index (χ0n) is 9.85. The molecular weight excluding hydrogens is 200 g/mol. The molecule has 1 N–H and O–H groups in total. The van der Waals surface area contributed by atoms with Gasteiger partial charge in [0.1, 0.15) is 12.7 Å². The highest BCUT2D eigenvalue weighted by Gasteiger charge is 2.10. The first-order valence-electron chi connectivity index (χ1n) is 5.78. The summed E-state index contributed by atoms with van der Waals surface area (Å²) < 4.78 is 1.78. The van der Waals surface area contributed by atoms with Crippen LogP contribution < -0.4 is 5.43 Å². The van der Waals surface area contributed by atoms with Gasteiger partial charge in [-0.3, -0.25) is 5.43 Å². The van der Waals surface area contributed by atoms with Gasteiger partial charge in [0.2, 0.25) is 0 Å². The molecule has 4 nitrogen and oxygen atoms in total. The molecule has 0 saturated heterocycles. The van der Waals surface area contributed by atoms with Crippen LogP contribution in [0.2, 0.25) is 0 Å². The molecule has 86 valence electrons. The Kier molecular flexibility index (Phi) is 3.39. The van der Waals surface area contributed by atoms with Gasteiger partial charge in [-0.25, -0.2) is 4.68 Å². The summed E-state index contributed by atoms with van der Waals surface area (Å²) in [5.41, 5.74) is 5.89. The molecule has 1 aromatic heterocycles. The van der Waals surface area contributed by atoms with E-state index in [0.29, 0.717) is 5.92 Å². The third-order valence-electron chi connectivity index (χ3n) is 2.55. The first-order valence-corrected chi connectivity index (χ1v) is 5.78. The number of nitrogens with zero attached hydrogens (tertiary/aromatic N) is 3. The number of hydrogen-bond donors (Lipinski definition) is 1. The number of nitrogens with one attached hydrogen (secondary N) is 1. The molecule has 0 aromatic carbocycles. The second-order valence-electron chi connectivity index (χ2n) is 4.43. The fourth-order valence-corrected chi connectivity index (χ4v) is 1.90. The second-order valence-corrected chi connectivity index (χ2v) is 4.43. The molecule has 1 aromatic rings. The van der Waals surface area contributed by atoms with Gasteiger partial charge in [-0.1, -0.05) is 26.0 Å². The molecule has 0 unspecified atom stereocenters. The lowest BCUT2D eigenvalue weighted by molar-refractivity contribution is 0.750. The Hall–Kier alpha value is -1.58. The summed E-state index contributed by atoms with van der Waals surface area (Å²) in [4.78, 5) is 0. The number of aromatic nitrogens is 3. The van der Waals surface area contributed by atoms with Crippen LogP contribution in [0, 0.1) is 5.92 Å². The summed E-state index contributed by atoms with van der Waals surface area (Å²) in [7, 11) is 0. The maximum absolute atomic E-state index is 3.78. The lowest BCUT2D eigenvalue weighted by atomic mass is 9.96. The zero-order chi connectivity index (χ0) is 11.4. The molecule has 0 amide bonds. The molecule has 16 heavy (non-hydrogen) atoms. The molecule has 0 spiro atoms. The van der Waals surface area contributed by atoms with Gasteiger partial charge >= 0.3 is 0 Å². The standard InChI is InChI=1S/C12H18N4/c1-10(2)7-11-5-3-4-6-12(11)15-16-8-13-14-9-16/h6-10,15H,3-5H2,1-2H3. The highest BCUT2D eigenvalue weighted by Crippen LogP contribution is 2.24. The monoisotopic (exact) mass is 218 g/mol. The Morgan fingerprint density at radius 1 is 1.38 bits per heavy atom. The largest absolute Gasteiger partial charge is 0.292 e. The maximum atomic E-state index is 3.78. The Morgan fingerprint density at radius 2 is 2.12 bits per heavy atom. The van der Waals surface area contributed by atoms with E-state index in [1.54, 1.807) is 17.3 Å². The number of hydrogen-bond acceptors (Lipinski definition) is 3. The highest BCUT2D eigenvalue weighted by molar-refractivity contribution is 5.36. The van der Waals surface area contributed by atoms with E-state index in [9.17, 15) is 0 Å². The van der Waals surface area contributed by atoms with Crippen LogP contribution in [0.1, 0.15) is 33.1 Å². The Labute approximate surface area is 96.0 Å². The third kappa shape index (κ3) is 2.72. The van der Waals surface area contributed by atoms with Crippen molar-refractivity contribution in [3.63, 3.8) is 0 Å². The van der Waals surface area contributed by atoms with Gasteiger partial charge < -0.3 is 0 Å². The number of rotatable bonds is 3. The average Bonchev–Trinajstić information content (AvgIpc) is 2.73. The van der Waals surface area contributed by atoms with Crippen LogP contribution >= 0.6 is 0 Å². The second kappa shape index (κ2) is 4.96. The number of allylic oxidation sites excluding steroid dienone is 3. The highest BCUT2D eigenvalue weighted by atomic mass is 15.5. The van der Waals surface area contributed by atoms with Gasteiger partial charge in [0.05, 0.1) is 5.70 Å². The fourth-order valence-electron chi connectivity index (χ4n) is 1.90. The average molecular weight is 218 g/mol. The predicted octanol–water partition coefficient (Wildman–Crippen LogP) is 2.47. The molecule has 0 fully saturated rings. The van der Waals surface area contributed by atoms with Crippen LogP contribution in [0.25, 0.3) is 0 Å². The third-order valence-corrected chi connectivity index (χ3v) is 2.55. The smallest absolute Gasteiger partial charge is 0.139 e. The Morgan fingerprint density at radius 3 is 2.81 bits per heavy atom.